The van der Waals surface area contributed by atoms with E-state index >= 15 is 0 Å². The van der Waals surface area contributed by atoms with E-state index in [1.165, 1.54) is 6.92 Å². The lowest BCUT2D eigenvalue weighted by atomic mass is 9.98. The highest BCUT2D eigenvalue weighted by Gasteiger charge is 2.23. The summed E-state index contributed by atoms with van der Waals surface area (Å²) in [6.07, 6.45) is 1.81. The van der Waals surface area contributed by atoms with E-state index in [0.29, 0.717) is 6.54 Å². The molecule has 1 rings (SSSR count). The molecule has 1 aliphatic rings. The number of rotatable bonds is 3. The van der Waals surface area contributed by atoms with Gasteiger partial charge in [-0.05, 0) is 26.3 Å². The van der Waals surface area contributed by atoms with Crippen LogP contribution in [0.5, 0.6) is 0 Å². The molecule has 14 heavy (non-hydrogen) atoms. The predicted octanol–water partition coefficient (Wildman–Crippen LogP) is -0.425. The molecule has 0 aromatic rings. The average Bonchev–Trinajstić information content (AvgIpc) is 2.19. The molecule has 0 aliphatic carbocycles. The smallest absolute Gasteiger partial charge is 0.325 e. The molecule has 2 atom stereocenters. The predicted molar refractivity (Wildman–Crippen MR) is 50.8 cm³/mol. The van der Waals surface area contributed by atoms with Crippen LogP contribution in [0, 0.1) is 5.92 Å². The van der Waals surface area contributed by atoms with E-state index < -0.39 is 12.0 Å². The zero-order valence-electron chi connectivity index (χ0n) is 8.25. The lowest BCUT2D eigenvalue weighted by Crippen LogP contribution is -2.46. The minimum atomic E-state index is -0.998. The van der Waals surface area contributed by atoms with E-state index in [1.54, 1.807) is 0 Å². The number of piperidine rings is 1. The molecule has 0 radical (unpaired) electrons. The first-order valence-corrected chi connectivity index (χ1v) is 4.85. The topological polar surface area (TPSA) is 78.4 Å². The van der Waals surface area contributed by atoms with Crippen LogP contribution in [-0.4, -0.2) is 36.1 Å². The molecule has 0 aromatic heterocycles. The molecule has 5 heteroatoms. The minimum Gasteiger partial charge on any atom is -0.480 e. The fraction of sp³-hybridized carbons (Fsp3) is 0.778. The van der Waals surface area contributed by atoms with Gasteiger partial charge in [-0.15, -0.1) is 0 Å². The van der Waals surface area contributed by atoms with E-state index in [0.717, 1.165) is 19.4 Å². The zero-order valence-corrected chi connectivity index (χ0v) is 8.25. The van der Waals surface area contributed by atoms with Gasteiger partial charge in [0, 0.05) is 6.54 Å². The Morgan fingerprint density at radius 3 is 2.79 bits per heavy atom. The van der Waals surface area contributed by atoms with Crippen LogP contribution < -0.4 is 10.6 Å². The van der Waals surface area contributed by atoms with E-state index in [2.05, 4.69) is 10.6 Å². The number of hydrogen-bond donors (Lipinski definition) is 3. The largest absolute Gasteiger partial charge is 0.480 e. The summed E-state index contributed by atoms with van der Waals surface area (Å²) in [4.78, 5) is 22.0. The molecule has 0 saturated carbocycles. The summed E-state index contributed by atoms with van der Waals surface area (Å²) in [5.74, 6) is -1.24. The molecule has 5 nitrogen and oxygen atoms in total. The van der Waals surface area contributed by atoms with Crippen molar-refractivity contribution < 1.29 is 14.7 Å². The Bertz CT molecular complexity index is 224. The molecular weight excluding hydrogens is 184 g/mol. The zero-order chi connectivity index (χ0) is 10.6. The fourth-order valence-corrected chi connectivity index (χ4v) is 1.47. The third kappa shape index (κ3) is 2.99. The summed E-state index contributed by atoms with van der Waals surface area (Å²) >= 11 is 0. The first-order valence-electron chi connectivity index (χ1n) is 4.85. The monoisotopic (exact) mass is 200 g/mol. The fourth-order valence-electron chi connectivity index (χ4n) is 1.47. The number of carbonyl (C=O) groups is 2. The second kappa shape index (κ2) is 4.95. The van der Waals surface area contributed by atoms with Crippen molar-refractivity contribution in [3.63, 3.8) is 0 Å². The summed E-state index contributed by atoms with van der Waals surface area (Å²) in [6.45, 7) is 3.06. The van der Waals surface area contributed by atoms with Crippen LogP contribution >= 0.6 is 0 Å². The van der Waals surface area contributed by atoms with Gasteiger partial charge in [0.15, 0.2) is 0 Å². The standard InChI is InChI=1S/C9H16N2O3/c1-6(9(13)14)11-8(12)7-3-2-4-10-5-7/h6-7,10H,2-5H2,1H3,(H,11,12)(H,13,14)/t6-,7?/m0/s1. The van der Waals surface area contributed by atoms with Gasteiger partial charge < -0.3 is 15.7 Å². The first-order chi connectivity index (χ1) is 6.61. The highest BCUT2D eigenvalue weighted by Crippen LogP contribution is 2.09. The van der Waals surface area contributed by atoms with Gasteiger partial charge in [-0.1, -0.05) is 0 Å². The number of carboxylic acid groups (broad SMARTS) is 1. The van der Waals surface area contributed by atoms with Crippen LogP contribution in [0.3, 0.4) is 0 Å². The summed E-state index contributed by atoms with van der Waals surface area (Å²) in [6, 6.07) is -0.801. The molecule has 80 valence electrons. The van der Waals surface area contributed by atoms with Crippen LogP contribution in [0.1, 0.15) is 19.8 Å². The molecule has 0 aromatic carbocycles. The summed E-state index contributed by atoms with van der Waals surface area (Å²) in [5.41, 5.74) is 0. The Morgan fingerprint density at radius 2 is 2.29 bits per heavy atom. The van der Waals surface area contributed by atoms with Gasteiger partial charge in [0.2, 0.25) is 5.91 Å². The van der Waals surface area contributed by atoms with Crippen molar-refractivity contribution in [2.45, 2.75) is 25.8 Å². The van der Waals surface area contributed by atoms with Crippen molar-refractivity contribution in [3.8, 4) is 0 Å². The summed E-state index contributed by atoms with van der Waals surface area (Å²) in [5, 5.41) is 14.2. The summed E-state index contributed by atoms with van der Waals surface area (Å²) < 4.78 is 0. The lowest BCUT2D eigenvalue weighted by molar-refractivity contribution is -0.142. The highest BCUT2D eigenvalue weighted by molar-refractivity contribution is 5.84. The van der Waals surface area contributed by atoms with Gasteiger partial charge in [0.1, 0.15) is 6.04 Å². The third-order valence-electron chi connectivity index (χ3n) is 2.40. The Morgan fingerprint density at radius 1 is 1.57 bits per heavy atom. The SMILES string of the molecule is C[C@H](NC(=O)C1CCCNC1)C(=O)O. The molecule has 1 unspecified atom stereocenters. The van der Waals surface area contributed by atoms with Crippen LogP contribution in [0.25, 0.3) is 0 Å². The lowest BCUT2D eigenvalue weighted by Gasteiger charge is -2.22. The number of amides is 1. The van der Waals surface area contributed by atoms with Gasteiger partial charge in [-0.25, -0.2) is 0 Å². The minimum absolute atomic E-state index is 0.0782. The normalized spacial score (nSPS) is 23.9. The van der Waals surface area contributed by atoms with E-state index in [9.17, 15) is 9.59 Å². The first kappa shape index (κ1) is 11.0. The van der Waals surface area contributed by atoms with Gasteiger partial charge in [-0.2, -0.15) is 0 Å². The van der Waals surface area contributed by atoms with Crippen molar-refractivity contribution in [3.05, 3.63) is 0 Å². The van der Waals surface area contributed by atoms with Crippen LogP contribution in [0.15, 0.2) is 0 Å². The Hall–Kier alpha value is -1.10. The Labute approximate surface area is 82.9 Å². The molecule has 0 spiro atoms. The molecule has 3 N–H and O–H groups in total. The van der Waals surface area contributed by atoms with Crippen molar-refractivity contribution in [2.24, 2.45) is 5.92 Å². The molecule has 0 bridgehead atoms. The second-order valence-corrected chi connectivity index (χ2v) is 3.61. The molecule has 1 fully saturated rings. The van der Waals surface area contributed by atoms with Crippen molar-refractivity contribution in [1.29, 1.82) is 0 Å². The van der Waals surface area contributed by atoms with Gasteiger partial charge in [-0.3, -0.25) is 9.59 Å². The number of aliphatic carboxylic acids is 1. The third-order valence-corrected chi connectivity index (χ3v) is 2.40. The molecular formula is C9H16N2O3. The van der Waals surface area contributed by atoms with Gasteiger partial charge in [0.05, 0.1) is 5.92 Å². The van der Waals surface area contributed by atoms with Crippen molar-refractivity contribution in [2.75, 3.05) is 13.1 Å². The van der Waals surface area contributed by atoms with Gasteiger partial charge in [0.25, 0.3) is 0 Å². The number of hydrogen-bond acceptors (Lipinski definition) is 3. The average molecular weight is 200 g/mol. The second-order valence-electron chi connectivity index (χ2n) is 3.61. The van der Waals surface area contributed by atoms with Crippen LogP contribution in [0.2, 0.25) is 0 Å². The summed E-state index contributed by atoms with van der Waals surface area (Å²) in [7, 11) is 0. The van der Waals surface area contributed by atoms with E-state index in [-0.39, 0.29) is 11.8 Å². The van der Waals surface area contributed by atoms with E-state index in [4.69, 9.17) is 5.11 Å². The maximum absolute atomic E-state index is 11.5. The van der Waals surface area contributed by atoms with Gasteiger partial charge >= 0.3 is 5.97 Å². The van der Waals surface area contributed by atoms with E-state index in [1.807, 2.05) is 0 Å². The molecule has 1 saturated heterocycles. The number of carbonyl (C=O) groups excluding carboxylic acids is 1. The maximum Gasteiger partial charge on any atom is 0.325 e. The highest BCUT2D eigenvalue weighted by atomic mass is 16.4. The Kier molecular flexibility index (Phi) is 3.88. The van der Waals surface area contributed by atoms with Crippen LogP contribution in [-0.2, 0) is 9.59 Å². The van der Waals surface area contributed by atoms with Crippen LogP contribution in [0.4, 0.5) is 0 Å². The van der Waals surface area contributed by atoms with Crippen molar-refractivity contribution >= 4 is 11.9 Å². The molecule has 1 aliphatic heterocycles. The number of carboxylic acids is 1. The molecule has 1 amide bonds. The van der Waals surface area contributed by atoms with Crippen molar-refractivity contribution in [1.82, 2.24) is 10.6 Å². The quantitative estimate of drug-likeness (QED) is 0.578. The maximum atomic E-state index is 11.5. The number of nitrogens with one attached hydrogen (secondary N) is 2. The Balaban J connectivity index is 2.36. The molecule has 1 heterocycles.